The van der Waals surface area contributed by atoms with E-state index in [1.54, 1.807) is 11.8 Å². The predicted octanol–water partition coefficient (Wildman–Crippen LogP) is 0.306. The van der Waals surface area contributed by atoms with Gasteiger partial charge in [-0.05, 0) is 27.3 Å². The van der Waals surface area contributed by atoms with E-state index in [1.165, 1.54) is 0 Å². The molecule has 0 rings (SSSR count). The fourth-order valence-electron chi connectivity index (χ4n) is 1.27. The molecule has 0 aromatic carbocycles. The van der Waals surface area contributed by atoms with Crippen LogP contribution >= 0.6 is 0 Å². The molecule has 1 unspecified atom stereocenters. The molecule has 0 aromatic heterocycles. The SMILES string of the molecule is CCN(CC(=O)O)C(C)C(=O)NC(C)C. The normalized spacial score (nSPS) is 12.9. The van der Waals surface area contributed by atoms with E-state index in [0.29, 0.717) is 6.54 Å². The van der Waals surface area contributed by atoms with Crippen molar-refractivity contribution in [2.75, 3.05) is 13.1 Å². The van der Waals surface area contributed by atoms with Crippen LogP contribution in [0.2, 0.25) is 0 Å². The maximum absolute atomic E-state index is 11.6. The number of nitrogens with zero attached hydrogens (tertiary/aromatic N) is 1. The quantitative estimate of drug-likeness (QED) is 0.670. The van der Waals surface area contributed by atoms with Gasteiger partial charge >= 0.3 is 5.97 Å². The molecule has 0 radical (unpaired) electrons. The first-order valence-corrected chi connectivity index (χ1v) is 5.14. The van der Waals surface area contributed by atoms with Crippen LogP contribution in [0.25, 0.3) is 0 Å². The summed E-state index contributed by atoms with van der Waals surface area (Å²) in [5, 5.41) is 11.4. The average Bonchev–Trinajstić information content (AvgIpc) is 2.11. The Hall–Kier alpha value is -1.10. The van der Waals surface area contributed by atoms with E-state index in [1.807, 2.05) is 20.8 Å². The summed E-state index contributed by atoms with van der Waals surface area (Å²) in [6, 6.07) is -0.336. The predicted molar refractivity (Wildman–Crippen MR) is 57.6 cm³/mol. The molecule has 5 heteroatoms. The summed E-state index contributed by atoms with van der Waals surface area (Å²) in [6.45, 7) is 7.73. The number of carboxylic acids is 1. The summed E-state index contributed by atoms with van der Waals surface area (Å²) in [7, 11) is 0. The highest BCUT2D eigenvalue weighted by molar-refractivity contribution is 5.82. The zero-order chi connectivity index (χ0) is 12.0. The number of nitrogens with one attached hydrogen (secondary N) is 1. The first kappa shape index (κ1) is 13.9. The second-order valence-corrected chi connectivity index (χ2v) is 3.80. The zero-order valence-electron chi connectivity index (χ0n) is 9.78. The molecule has 0 bridgehead atoms. The van der Waals surface area contributed by atoms with Crippen LogP contribution in [-0.2, 0) is 9.59 Å². The minimum atomic E-state index is -0.916. The molecule has 0 spiro atoms. The number of carbonyl (C=O) groups is 2. The van der Waals surface area contributed by atoms with Crippen molar-refractivity contribution in [1.29, 1.82) is 0 Å². The van der Waals surface area contributed by atoms with E-state index < -0.39 is 12.0 Å². The Morgan fingerprint density at radius 2 is 1.87 bits per heavy atom. The van der Waals surface area contributed by atoms with E-state index >= 15 is 0 Å². The summed E-state index contributed by atoms with van der Waals surface area (Å²) < 4.78 is 0. The molecule has 0 fully saturated rings. The number of rotatable bonds is 6. The van der Waals surface area contributed by atoms with Crippen molar-refractivity contribution in [1.82, 2.24) is 10.2 Å². The lowest BCUT2D eigenvalue weighted by molar-refractivity contribution is -0.139. The van der Waals surface area contributed by atoms with Crippen LogP contribution in [-0.4, -0.2) is 47.1 Å². The van der Waals surface area contributed by atoms with Crippen molar-refractivity contribution in [3.63, 3.8) is 0 Å². The first-order valence-electron chi connectivity index (χ1n) is 5.14. The van der Waals surface area contributed by atoms with Crippen molar-refractivity contribution < 1.29 is 14.7 Å². The third kappa shape index (κ3) is 5.37. The van der Waals surface area contributed by atoms with Crippen LogP contribution in [0.4, 0.5) is 0 Å². The number of likely N-dealkylation sites (N-methyl/N-ethyl adjacent to an activating group) is 1. The van der Waals surface area contributed by atoms with Crippen LogP contribution in [0.3, 0.4) is 0 Å². The Morgan fingerprint density at radius 1 is 1.33 bits per heavy atom. The van der Waals surface area contributed by atoms with Crippen LogP contribution < -0.4 is 5.32 Å². The zero-order valence-corrected chi connectivity index (χ0v) is 9.78. The van der Waals surface area contributed by atoms with Crippen LogP contribution in [0.1, 0.15) is 27.7 Å². The topological polar surface area (TPSA) is 69.6 Å². The van der Waals surface area contributed by atoms with Gasteiger partial charge in [0.2, 0.25) is 5.91 Å². The highest BCUT2D eigenvalue weighted by Gasteiger charge is 2.21. The van der Waals surface area contributed by atoms with Gasteiger partial charge in [-0.25, -0.2) is 0 Å². The lowest BCUT2D eigenvalue weighted by Gasteiger charge is -2.25. The van der Waals surface area contributed by atoms with Gasteiger partial charge in [-0.1, -0.05) is 6.92 Å². The standard InChI is InChI=1S/C10H20N2O3/c1-5-12(6-9(13)14)8(4)10(15)11-7(2)3/h7-8H,5-6H2,1-4H3,(H,11,15)(H,13,14). The van der Waals surface area contributed by atoms with E-state index in [2.05, 4.69) is 5.32 Å². The lowest BCUT2D eigenvalue weighted by atomic mass is 10.2. The number of carbonyl (C=O) groups excluding carboxylic acids is 1. The Balaban J connectivity index is 4.30. The van der Waals surface area contributed by atoms with Gasteiger partial charge in [0.05, 0.1) is 12.6 Å². The molecule has 5 nitrogen and oxygen atoms in total. The molecule has 0 saturated carbocycles. The average molecular weight is 216 g/mol. The van der Waals surface area contributed by atoms with Gasteiger partial charge in [-0.2, -0.15) is 0 Å². The molecule has 0 saturated heterocycles. The van der Waals surface area contributed by atoms with Crippen molar-refractivity contribution >= 4 is 11.9 Å². The Labute approximate surface area is 90.5 Å². The third-order valence-corrected chi connectivity index (χ3v) is 2.10. The molecule has 0 heterocycles. The summed E-state index contributed by atoms with van der Waals surface area (Å²) in [5.74, 6) is -1.05. The van der Waals surface area contributed by atoms with Crippen molar-refractivity contribution in [3.8, 4) is 0 Å². The van der Waals surface area contributed by atoms with Gasteiger partial charge in [0.25, 0.3) is 0 Å². The minimum Gasteiger partial charge on any atom is -0.480 e. The van der Waals surface area contributed by atoms with Gasteiger partial charge in [0, 0.05) is 6.04 Å². The smallest absolute Gasteiger partial charge is 0.317 e. The summed E-state index contributed by atoms with van der Waals surface area (Å²) in [4.78, 5) is 23.7. The molecule has 0 aliphatic carbocycles. The number of amides is 1. The lowest BCUT2D eigenvalue weighted by Crippen LogP contribution is -2.48. The summed E-state index contributed by atoms with van der Waals surface area (Å²) in [5.41, 5.74) is 0. The molecule has 0 aromatic rings. The molecular formula is C10H20N2O3. The molecule has 0 aliphatic rings. The fraction of sp³-hybridized carbons (Fsp3) is 0.800. The number of hydrogen-bond acceptors (Lipinski definition) is 3. The van der Waals surface area contributed by atoms with Gasteiger partial charge in [0.15, 0.2) is 0 Å². The maximum atomic E-state index is 11.6. The molecular weight excluding hydrogens is 196 g/mol. The minimum absolute atomic E-state index is 0.0727. The molecule has 88 valence electrons. The Bertz CT molecular complexity index is 229. The Kier molecular flexibility index (Phi) is 5.93. The monoisotopic (exact) mass is 216 g/mol. The molecule has 1 amide bonds. The maximum Gasteiger partial charge on any atom is 0.317 e. The van der Waals surface area contributed by atoms with Crippen LogP contribution in [0.15, 0.2) is 0 Å². The van der Waals surface area contributed by atoms with Gasteiger partial charge in [-0.15, -0.1) is 0 Å². The highest BCUT2D eigenvalue weighted by Crippen LogP contribution is 1.99. The van der Waals surface area contributed by atoms with E-state index in [9.17, 15) is 9.59 Å². The second kappa shape index (κ2) is 6.40. The summed E-state index contributed by atoms with van der Waals surface area (Å²) >= 11 is 0. The van der Waals surface area contributed by atoms with Gasteiger partial charge in [0.1, 0.15) is 0 Å². The second-order valence-electron chi connectivity index (χ2n) is 3.80. The molecule has 1 atom stereocenters. The molecule has 15 heavy (non-hydrogen) atoms. The van der Waals surface area contributed by atoms with Crippen LogP contribution in [0.5, 0.6) is 0 Å². The van der Waals surface area contributed by atoms with Gasteiger partial charge < -0.3 is 10.4 Å². The number of carboxylic acid groups (broad SMARTS) is 1. The van der Waals surface area contributed by atoms with E-state index in [4.69, 9.17) is 5.11 Å². The third-order valence-electron chi connectivity index (χ3n) is 2.10. The molecule has 2 N–H and O–H groups in total. The van der Waals surface area contributed by atoms with Crippen molar-refractivity contribution in [2.45, 2.75) is 39.8 Å². The largest absolute Gasteiger partial charge is 0.480 e. The molecule has 0 aliphatic heterocycles. The summed E-state index contributed by atoms with van der Waals surface area (Å²) in [6.07, 6.45) is 0. The first-order chi connectivity index (χ1) is 6.88. The van der Waals surface area contributed by atoms with Crippen molar-refractivity contribution in [3.05, 3.63) is 0 Å². The van der Waals surface area contributed by atoms with Crippen molar-refractivity contribution in [2.24, 2.45) is 0 Å². The van der Waals surface area contributed by atoms with E-state index in [-0.39, 0.29) is 18.5 Å². The number of hydrogen-bond donors (Lipinski definition) is 2. The van der Waals surface area contributed by atoms with E-state index in [0.717, 1.165) is 0 Å². The van der Waals surface area contributed by atoms with Gasteiger partial charge in [-0.3, -0.25) is 14.5 Å². The highest BCUT2D eigenvalue weighted by atomic mass is 16.4. The van der Waals surface area contributed by atoms with Crippen LogP contribution in [0, 0.1) is 0 Å². The fourth-order valence-corrected chi connectivity index (χ4v) is 1.27. The number of aliphatic carboxylic acids is 1. The Morgan fingerprint density at radius 3 is 2.20 bits per heavy atom.